The zero-order valence-electron chi connectivity index (χ0n) is 19.8. The third-order valence-electron chi connectivity index (χ3n) is 7.07. The molecular formula is C29H32NO3+. The first-order chi connectivity index (χ1) is 16.1. The van der Waals surface area contributed by atoms with Crippen molar-refractivity contribution < 1.29 is 18.7 Å². The number of nitrogens with zero attached hydrogens (tertiary/aromatic N) is 1. The molecule has 0 aliphatic carbocycles. The van der Waals surface area contributed by atoms with Crippen molar-refractivity contribution in [2.24, 2.45) is 0 Å². The SMILES string of the molecule is COc1ccc(Cc2c3ccccc3c(C[N+]3(C)CCOCC3)c3ccccc23)cc1OC. The summed E-state index contributed by atoms with van der Waals surface area (Å²) in [6, 6.07) is 24.0. The minimum absolute atomic E-state index is 0.758. The molecule has 0 unspecified atom stereocenters. The number of benzene rings is 4. The number of rotatable bonds is 6. The van der Waals surface area contributed by atoms with Gasteiger partial charge in [-0.1, -0.05) is 54.6 Å². The summed E-state index contributed by atoms with van der Waals surface area (Å²) in [7, 11) is 5.73. The molecule has 1 saturated heterocycles. The van der Waals surface area contributed by atoms with Gasteiger partial charge in [0.15, 0.2) is 11.5 Å². The van der Waals surface area contributed by atoms with Crippen molar-refractivity contribution in [2.75, 3.05) is 47.6 Å². The molecule has 4 nitrogen and oxygen atoms in total. The van der Waals surface area contributed by atoms with Crippen LogP contribution in [-0.4, -0.2) is 52.1 Å². The van der Waals surface area contributed by atoms with E-state index < -0.39 is 0 Å². The van der Waals surface area contributed by atoms with Crippen LogP contribution in [-0.2, 0) is 17.7 Å². The zero-order valence-corrected chi connectivity index (χ0v) is 19.8. The van der Waals surface area contributed by atoms with E-state index in [9.17, 15) is 0 Å². The van der Waals surface area contributed by atoms with E-state index >= 15 is 0 Å². The summed E-state index contributed by atoms with van der Waals surface area (Å²) in [5, 5.41) is 5.39. The van der Waals surface area contributed by atoms with Gasteiger partial charge >= 0.3 is 0 Å². The number of fused-ring (bicyclic) bond motifs is 2. The van der Waals surface area contributed by atoms with Crippen molar-refractivity contribution in [3.63, 3.8) is 0 Å². The zero-order chi connectivity index (χ0) is 22.8. The second-order valence-electron chi connectivity index (χ2n) is 9.25. The quantitative estimate of drug-likeness (QED) is 0.288. The third-order valence-corrected chi connectivity index (χ3v) is 7.07. The van der Waals surface area contributed by atoms with Crippen LogP contribution in [0.3, 0.4) is 0 Å². The van der Waals surface area contributed by atoms with Gasteiger partial charge in [-0.05, 0) is 51.2 Å². The van der Waals surface area contributed by atoms with Crippen LogP contribution in [0.1, 0.15) is 16.7 Å². The fraction of sp³-hybridized carbons (Fsp3) is 0.310. The summed E-state index contributed by atoms with van der Waals surface area (Å²) >= 11 is 0. The van der Waals surface area contributed by atoms with Crippen LogP contribution in [0.5, 0.6) is 11.5 Å². The molecule has 0 saturated carbocycles. The highest BCUT2D eigenvalue weighted by molar-refractivity contribution is 6.06. The first kappa shape index (κ1) is 21.7. The number of methoxy groups -OCH3 is 2. The van der Waals surface area contributed by atoms with Gasteiger partial charge in [0, 0.05) is 5.56 Å². The molecule has 0 N–H and O–H groups in total. The Morgan fingerprint density at radius 2 is 1.27 bits per heavy atom. The molecule has 1 fully saturated rings. The van der Waals surface area contributed by atoms with Crippen LogP contribution in [0, 0.1) is 0 Å². The van der Waals surface area contributed by atoms with Crippen LogP contribution < -0.4 is 9.47 Å². The van der Waals surface area contributed by atoms with Gasteiger partial charge in [0.25, 0.3) is 0 Å². The van der Waals surface area contributed by atoms with Gasteiger partial charge in [0.05, 0.1) is 34.5 Å². The number of morpholine rings is 1. The molecule has 4 aromatic rings. The average Bonchev–Trinajstić information content (AvgIpc) is 2.86. The van der Waals surface area contributed by atoms with Gasteiger partial charge in [-0.25, -0.2) is 0 Å². The molecule has 1 aliphatic rings. The fourth-order valence-electron chi connectivity index (χ4n) is 5.19. The number of likely N-dealkylation sites (N-methyl/N-ethyl adjacent to an activating group) is 1. The molecule has 0 radical (unpaired) electrons. The van der Waals surface area contributed by atoms with Crippen molar-refractivity contribution in [2.45, 2.75) is 13.0 Å². The van der Waals surface area contributed by atoms with E-state index in [1.165, 1.54) is 38.2 Å². The number of hydrogen-bond acceptors (Lipinski definition) is 3. The Bertz CT molecular complexity index is 1230. The lowest BCUT2D eigenvalue weighted by atomic mass is 9.88. The molecule has 33 heavy (non-hydrogen) atoms. The molecule has 0 bridgehead atoms. The van der Waals surface area contributed by atoms with Crippen molar-refractivity contribution in [3.8, 4) is 11.5 Å². The fourth-order valence-corrected chi connectivity index (χ4v) is 5.19. The Morgan fingerprint density at radius 3 is 1.82 bits per heavy atom. The Hall–Kier alpha value is -3.08. The highest BCUT2D eigenvalue weighted by Gasteiger charge is 2.28. The van der Waals surface area contributed by atoms with Gasteiger partial charge < -0.3 is 18.7 Å². The molecule has 4 heteroatoms. The third kappa shape index (κ3) is 4.17. The lowest BCUT2D eigenvalue weighted by Crippen LogP contribution is -2.51. The maximum Gasteiger partial charge on any atom is 0.160 e. The van der Waals surface area contributed by atoms with Gasteiger partial charge in [0.2, 0.25) is 0 Å². The second-order valence-corrected chi connectivity index (χ2v) is 9.25. The summed E-state index contributed by atoms with van der Waals surface area (Å²) in [6.45, 7) is 4.79. The number of hydrogen-bond donors (Lipinski definition) is 0. The Kier molecular flexibility index (Phi) is 5.96. The Balaban J connectivity index is 1.67. The van der Waals surface area contributed by atoms with E-state index in [0.29, 0.717) is 0 Å². The first-order valence-electron chi connectivity index (χ1n) is 11.7. The van der Waals surface area contributed by atoms with Gasteiger partial charge in [-0.3, -0.25) is 0 Å². The van der Waals surface area contributed by atoms with E-state index in [0.717, 1.165) is 55.3 Å². The first-order valence-corrected chi connectivity index (χ1v) is 11.7. The summed E-state index contributed by atoms with van der Waals surface area (Å²) in [4.78, 5) is 0. The number of quaternary nitrogens is 1. The molecular weight excluding hydrogens is 410 g/mol. The predicted molar refractivity (Wildman–Crippen MR) is 134 cm³/mol. The normalized spacial score (nSPS) is 15.6. The monoisotopic (exact) mass is 442 g/mol. The molecule has 0 spiro atoms. The molecule has 0 atom stereocenters. The van der Waals surface area contributed by atoms with Crippen LogP contribution in [0.25, 0.3) is 21.5 Å². The van der Waals surface area contributed by atoms with E-state index in [-0.39, 0.29) is 0 Å². The molecule has 1 aliphatic heterocycles. The Morgan fingerprint density at radius 1 is 0.727 bits per heavy atom. The highest BCUT2D eigenvalue weighted by Crippen LogP contribution is 2.37. The van der Waals surface area contributed by atoms with Crippen molar-refractivity contribution in [1.82, 2.24) is 0 Å². The van der Waals surface area contributed by atoms with Gasteiger partial charge in [-0.15, -0.1) is 0 Å². The highest BCUT2D eigenvalue weighted by atomic mass is 16.5. The molecule has 1 heterocycles. The second kappa shape index (κ2) is 9.05. The summed E-state index contributed by atoms with van der Waals surface area (Å²) in [5.74, 6) is 1.53. The minimum Gasteiger partial charge on any atom is -0.493 e. The van der Waals surface area contributed by atoms with Gasteiger partial charge in [-0.2, -0.15) is 0 Å². The largest absolute Gasteiger partial charge is 0.493 e. The van der Waals surface area contributed by atoms with Crippen LogP contribution in [0.2, 0.25) is 0 Å². The smallest absolute Gasteiger partial charge is 0.160 e. The predicted octanol–water partition coefficient (Wildman–Crippen LogP) is 5.58. The van der Waals surface area contributed by atoms with E-state index in [4.69, 9.17) is 14.2 Å². The van der Waals surface area contributed by atoms with Crippen molar-refractivity contribution >= 4 is 21.5 Å². The van der Waals surface area contributed by atoms with Gasteiger partial charge in [0.1, 0.15) is 19.6 Å². The summed E-state index contributed by atoms with van der Waals surface area (Å²) in [6.07, 6.45) is 0.835. The topological polar surface area (TPSA) is 27.7 Å². The van der Waals surface area contributed by atoms with E-state index in [1.807, 2.05) is 6.07 Å². The maximum absolute atomic E-state index is 5.66. The molecule has 0 aromatic heterocycles. The van der Waals surface area contributed by atoms with Crippen molar-refractivity contribution in [1.29, 1.82) is 0 Å². The lowest BCUT2D eigenvalue weighted by Gasteiger charge is -2.38. The van der Waals surface area contributed by atoms with Crippen LogP contribution >= 0.6 is 0 Å². The standard InChI is InChI=1S/C29H32NO3/c1-30(14-16-33-17-15-30)20-27-24-10-6-4-8-22(24)26(23-9-5-7-11-25(23)27)18-21-12-13-28(31-2)29(19-21)32-3/h4-13,19H,14-18,20H2,1-3H3/q+1. The molecule has 170 valence electrons. The lowest BCUT2D eigenvalue weighted by molar-refractivity contribution is -0.929. The molecule has 0 amide bonds. The number of ether oxygens (including phenoxy) is 3. The summed E-state index contributed by atoms with van der Waals surface area (Å²) < 4.78 is 17.7. The minimum atomic E-state index is 0.758. The summed E-state index contributed by atoms with van der Waals surface area (Å²) in [5.41, 5.74) is 4.02. The van der Waals surface area contributed by atoms with Crippen LogP contribution in [0.15, 0.2) is 66.7 Å². The van der Waals surface area contributed by atoms with Crippen LogP contribution in [0.4, 0.5) is 0 Å². The molecule has 5 rings (SSSR count). The maximum atomic E-state index is 5.66. The van der Waals surface area contributed by atoms with E-state index in [2.05, 4.69) is 67.7 Å². The van der Waals surface area contributed by atoms with Crippen molar-refractivity contribution in [3.05, 3.63) is 83.4 Å². The Labute approximate surface area is 195 Å². The average molecular weight is 443 g/mol. The van der Waals surface area contributed by atoms with E-state index in [1.54, 1.807) is 14.2 Å². The molecule has 4 aromatic carbocycles.